The van der Waals surface area contributed by atoms with E-state index in [1.807, 2.05) is 19.1 Å². The van der Waals surface area contributed by atoms with Gasteiger partial charge in [0.15, 0.2) is 0 Å². The number of hydrogen-bond acceptors (Lipinski definition) is 3. The molecule has 0 unspecified atom stereocenters. The molecular formula is C15H19N3O2. The molecule has 20 heavy (non-hydrogen) atoms. The fourth-order valence-electron chi connectivity index (χ4n) is 2.27. The van der Waals surface area contributed by atoms with Crippen LogP contribution in [0.15, 0.2) is 18.3 Å². The van der Waals surface area contributed by atoms with Gasteiger partial charge in [0.2, 0.25) is 0 Å². The number of rotatable bonds is 6. The molecule has 5 heteroatoms. The van der Waals surface area contributed by atoms with E-state index in [9.17, 15) is 4.79 Å². The van der Waals surface area contributed by atoms with E-state index in [0.717, 1.165) is 29.0 Å². The summed E-state index contributed by atoms with van der Waals surface area (Å²) in [7, 11) is 0. The summed E-state index contributed by atoms with van der Waals surface area (Å²) in [4.78, 5) is 12.1. The van der Waals surface area contributed by atoms with Gasteiger partial charge in [-0.05, 0) is 43.4 Å². The fraction of sp³-hybridized carbons (Fsp3) is 0.467. The van der Waals surface area contributed by atoms with Gasteiger partial charge in [0.25, 0.3) is 5.91 Å². The van der Waals surface area contributed by atoms with Crippen molar-refractivity contribution >= 4 is 16.8 Å². The maximum absolute atomic E-state index is 12.1. The summed E-state index contributed by atoms with van der Waals surface area (Å²) in [6.45, 7) is 3.90. The lowest BCUT2D eigenvalue weighted by Crippen LogP contribution is -2.28. The van der Waals surface area contributed by atoms with Gasteiger partial charge in [-0.1, -0.05) is 0 Å². The van der Waals surface area contributed by atoms with Crippen molar-refractivity contribution in [2.45, 2.75) is 19.8 Å². The maximum atomic E-state index is 12.1. The Kier molecular flexibility index (Phi) is 3.69. The standard InChI is InChI=1S/C15H19N3O2/c1-10-12(4-5-14-13(10)8-17-18-14)15(19)16-6-7-20-9-11-2-3-11/h4-5,8,11H,2-3,6-7,9H2,1H3,(H,16,19)(H,17,18). The number of carbonyl (C=O) groups excluding carboxylic acids is 1. The zero-order valence-electron chi connectivity index (χ0n) is 11.6. The number of fused-ring (bicyclic) bond motifs is 1. The minimum atomic E-state index is -0.0550. The Morgan fingerprint density at radius 3 is 3.15 bits per heavy atom. The fourth-order valence-corrected chi connectivity index (χ4v) is 2.27. The van der Waals surface area contributed by atoms with Gasteiger partial charge < -0.3 is 10.1 Å². The van der Waals surface area contributed by atoms with Gasteiger partial charge in [0, 0.05) is 24.1 Å². The Hall–Kier alpha value is -1.88. The largest absolute Gasteiger partial charge is 0.379 e. The molecule has 0 radical (unpaired) electrons. The summed E-state index contributed by atoms with van der Waals surface area (Å²) >= 11 is 0. The summed E-state index contributed by atoms with van der Waals surface area (Å²) in [5, 5.41) is 10.8. The average molecular weight is 273 g/mol. The highest BCUT2D eigenvalue weighted by molar-refractivity contribution is 6.00. The summed E-state index contributed by atoms with van der Waals surface area (Å²) < 4.78 is 5.50. The van der Waals surface area contributed by atoms with Crippen LogP contribution in [0.2, 0.25) is 0 Å². The van der Waals surface area contributed by atoms with Gasteiger partial charge in [-0.25, -0.2) is 0 Å². The molecule has 1 amide bonds. The summed E-state index contributed by atoms with van der Waals surface area (Å²) in [6, 6.07) is 3.71. The number of hydrogen-bond donors (Lipinski definition) is 2. The number of nitrogens with one attached hydrogen (secondary N) is 2. The normalized spacial score (nSPS) is 14.7. The van der Waals surface area contributed by atoms with E-state index in [0.29, 0.717) is 18.7 Å². The lowest BCUT2D eigenvalue weighted by Gasteiger charge is -2.08. The van der Waals surface area contributed by atoms with Crippen molar-refractivity contribution < 1.29 is 9.53 Å². The molecule has 0 spiro atoms. The number of H-pyrrole nitrogens is 1. The Morgan fingerprint density at radius 2 is 2.35 bits per heavy atom. The monoisotopic (exact) mass is 273 g/mol. The highest BCUT2D eigenvalue weighted by Gasteiger charge is 2.21. The molecule has 1 fully saturated rings. The first-order valence-corrected chi connectivity index (χ1v) is 7.04. The minimum Gasteiger partial charge on any atom is -0.379 e. The molecule has 1 aromatic heterocycles. The summed E-state index contributed by atoms with van der Waals surface area (Å²) in [5.74, 6) is 0.706. The average Bonchev–Trinajstić information content (AvgIpc) is 3.13. The van der Waals surface area contributed by atoms with Crippen molar-refractivity contribution in [2.75, 3.05) is 19.8 Å². The number of amides is 1. The second kappa shape index (κ2) is 5.63. The highest BCUT2D eigenvalue weighted by Crippen LogP contribution is 2.28. The van der Waals surface area contributed by atoms with Crippen LogP contribution in [0.4, 0.5) is 0 Å². The first-order valence-electron chi connectivity index (χ1n) is 7.04. The Labute approximate surface area is 117 Å². The number of aryl methyl sites for hydroxylation is 1. The molecule has 2 N–H and O–H groups in total. The van der Waals surface area contributed by atoms with Crippen molar-refractivity contribution in [2.24, 2.45) is 5.92 Å². The molecule has 106 valence electrons. The molecular weight excluding hydrogens is 254 g/mol. The predicted molar refractivity (Wildman–Crippen MR) is 76.7 cm³/mol. The molecule has 5 nitrogen and oxygen atoms in total. The van der Waals surface area contributed by atoms with Crippen LogP contribution in [0, 0.1) is 12.8 Å². The van der Waals surface area contributed by atoms with Gasteiger partial charge >= 0.3 is 0 Å². The van der Waals surface area contributed by atoms with Crippen molar-refractivity contribution in [1.82, 2.24) is 15.5 Å². The predicted octanol–water partition coefficient (Wildman–Crippen LogP) is 2.03. The molecule has 1 aliphatic carbocycles. The number of benzene rings is 1. The molecule has 0 atom stereocenters. The van der Waals surface area contributed by atoms with Crippen LogP contribution >= 0.6 is 0 Å². The van der Waals surface area contributed by atoms with Crippen LogP contribution < -0.4 is 5.32 Å². The Bertz CT molecular complexity index is 617. The van der Waals surface area contributed by atoms with E-state index >= 15 is 0 Å². The van der Waals surface area contributed by atoms with Crippen LogP contribution in [0.25, 0.3) is 10.9 Å². The molecule has 0 bridgehead atoms. The third-order valence-corrected chi connectivity index (χ3v) is 3.72. The number of aromatic amines is 1. The summed E-state index contributed by atoms with van der Waals surface area (Å²) in [6.07, 6.45) is 4.33. The van der Waals surface area contributed by atoms with E-state index in [1.54, 1.807) is 6.20 Å². The minimum absolute atomic E-state index is 0.0550. The Morgan fingerprint density at radius 1 is 1.50 bits per heavy atom. The van der Waals surface area contributed by atoms with Crippen LogP contribution in [-0.4, -0.2) is 35.9 Å². The van der Waals surface area contributed by atoms with Gasteiger partial charge in [-0.3, -0.25) is 9.89 Å². The third-order valence-electron chi connectivity index (χ3n) is 3.72. The lowest BCUT2D eigenvalue weighted by molar-refractivity contribution is 0.0906. The van der Waals surface area contributed by atoms with Crippen LogP contribution in [0.5, 0.6) is 0 Å². The van der Waals surface area contributed by atoms with Crippen LogP contribution in [-0.2, 0) is 4.74 Å². The molecule has 1 aromatic carbocycles. The van der Waals surface area contributed by atoms with Crippen LogP contribution in [0.3, 0.4) is 0 Å². The quantitative estimate of drug-likeness (QED) is 0.791. The van der Waals surface area contributed by atoms with E-state index < -0.39 is 0 Å². The molecule has 2 aromatic rings. The van der Waals surface area contributed by atoms with Gasteiger partial charge in [0.1, 0.15) is 0 Å². The topological polar surface area (TPSA) is 67.0 Å². The van der Waals surface area contributed by atoms with E-state index in [2.05, 4.69) is 15.5 Å². The second-order valence-corrected chi connectivity index (χ2v) is 5.34. The van der Waals surface area contributed by atoms with E-state index in [-0.39, 0.29) is 5.91 Å². The number of aromatic nitrogens is 2. The molecule has 1 aliphatic rings. The SMILES string of the molecule is Cc1c(C(=O)NCCOCC2CC2)ccc2[nH]ncc12. The van der Waals surface area contributed by atoms with Crippen LogP contribution in [0.1, 0.15) is 28.8 Å². The van der Waals surface area contributed by atoms with Crippen molar-refractivity contribution in [3.05, 3.63) is 29.5 Å². The first-order chi connectivity index (χ1) is 9.75. The maximum Gasteiger partial charge on any atom is 0.251 e. The van der Waals surface area contributed by atoms with Crippen molar-refractivity contribution in [1.29, 1.82) is 0 Å². The summed E-state index contributed by atoms with van der Waals surface area (Å²) in [5.41, 5.74) is 2.60. The van der Waals surface area contributed by atoms with Crippen molar-refractivity contribution in [3.63, 3.8) is 0 Å². The number of nitrogens with zero attached hydrogens (tertiary/aromatic N) is 1. The molecule has 1 saturated carbocycles. The second-order valence-electron chi connectivity index (χ2n) is 5.34. The smallest absolute Gasteiger partial charge is 0.251 e. The van der Waals surface area contributed by atoms with Gasteiger partial charge in [-0.2, -0.15) is 5.10 Å². The molecule has 0 saturated heterocycles. The van der Waals surface area contributed by atoms with E-state index in [4.69, 9.17) is 4.74 Å². The first kappa shape index (κ1) is 13.1. The molecule has 0 aliphatic heterocycles. The number of ether oxygens (including phenoxy) is 1. The van der Waals surface area contributed by atoms with E-state index in [1.165, 1.54) is 12.8 Å². The zero-order chi connectivity index (χ0) is 13.9. The van der Waals surface area contributed by atoms with Gasteiger partial charge in [-0.15, -0.1) is 0 Å². The Balaban J connectivity index is 1.55. The number of carbonyl (C=O) groups is 1. The highest BCUT2D eigenvalue weighted by atomic mass is 16.5. The molecule has 3 rings (SSSR count). The third kappa shape index (κ3) is 2.82. The zero-order valence-corrected chi connectivity index (χ0v) is 11.6. The van der Waals surface area contributed by atoms with Gasteiger partial charge in [0.05, 0.1) is 18.3 Å². The van der Waals surface area contributed by atoms with Crippen molar-refractivity contribution in [3.8, 4) is 0 Å². The molecule has 1 heterocycles. The lowest BCUT2D eigenvalue weighted by atomic mass is 10.0.